The van der Waals surface area contributed by atoms with Gasteiger partial charge in [-0.25, -0.2) is 0 Å². The fourth-order valence-electron chi connectivity index (χ4n) is 3.87. The summed E-state index contributed by atoms with van der Waals surface area (Å²) in [5, 5.41) is 14.9. The van der Waals surface area contributed by atoms with E-state index in [4.69, 9.17) is 0 Å². The minimum Gasteiger partial charge on any atom is -0.481 e. The molecule has 3 amide bonds. The average Bonchev–Trinajstić information content (AvgIpc) is 2.91. The van der Waals surface area contributed by atoms with E-state index in [-0.39, 0.29) is 37.1 Å². The third kappa shape index (κ3) is 4.68. The summed E-state index contributed by atoms with van der Waals surface area (Å²) in [7, 11) is 0. The number of nitrogens with one attached hydrogen (secondary N) is 2. The molecular formula is C20H25N3O5. The van der Waals surface area contributed by atoms with Gasteiger partial charge in [0.05, 0.1) is 17.3 Å². The van der Waals surface area contributed by atoms with Crippen molar-refractivity contribution in [1.82, 2.24) is 5.32 Å². The number of carboxylic acids is 1. The van der Waals surface area contributed by atoms with Crippen molar-refractivity contribution in [1.29, 1.82) is 0 Å². The Bertz CT molecular complexity index is 779. The lowest BCUT2D eigenvalue weighted by atomic mass is 9.94. The summed E-state index contributed by atoms with van der Waals surface area (Å²) in [5.74, 6) is -2.40. The molecule has 3 rings (SSSR count). The van der Waals surface area contributed by atoms with Crippen LogP contribution in [0.4, 0.5) is 11.4 Å². The van der Waals surface area contributed by atoms with Crippen LogP contribution in [-0.2, 0) is 19.2 Å². The summed E-state index contributed by atoms with van der Waals surface area (Å²) in [4.78, 5) is 49.6. The van der Waals surface area contributed by atoms with E-state index in [1.165, 1.54) is 4.90 Å². The maximum absolute atomic E-state index is 12.6. The van der Waals surface area contributed by atoms with Crippen LogP contribution in [0, 0.1) is 5.92 Å². The number of carbonyl (C=O) groups is 4. The molecule has 1 saturated carbocycles. The third-order valence-electron chi connectivity index (χ3n) is 5.32. The summed E-state index contributed by atoms with van der Waals surface area (Å²) in [6.45, 7) is -0.0822. The number of nitrogens with zero attached hydrogens (tertiary/aromatic N) is 1. The molecule has 8 nitrogen and oxygen atoms in total. The van der Waals surface area contributed by atoms with Gasteiger partial charge in [-0.2, -0.15) is 0 Å². The summed E-state index contributed by atoms with van der Waals surface area (Å²) >= 11 is 0. The third-order valence-corrected chi connectivity index (χ3v) is 5.32. The quantitative estimate of drug-likeness (QED) is 0.668. The van der Waals surface area contributed by atoms with Crippen molar-refractivity contribution in [2.75, 3.05) is 16.8 Å². The Balaban J connectivity index is 1.58. The zero-order chi connectivity index (χ0) is 20.1. The van der Waals surface area contributed by atoms with Crippen LogP contribution in [0.25, 0.3) is 0 Å². The van der Waals surface area contributed by atoms with Gasteiger partial charge in [0.15, 0.2) is 0 Å². The highest BCUT2D eigenvalue weighted by molar-refractivity contribution is 6.10. The highest BCUT2D eigenvalue weighted by Crippen LogP contribution is 2.29. The summed E-state index contributed by atoms with van der Waals surface area (Å²) in [6.07, 6.45) is 3.80. The number of carboxylic acid groups (broad SMARTS) is 1. The van der Waals surface area contributed by atoms with E-state index in [2.05, 4.69) is 10.6 Å². The van der Waals surface area contributed by atoms with Gasteiger partial charge >= 0.3 is 5.97 Å². The summed E-state index contributed by atoms with van der Waals surface area (Å²) in [5.41, 5.74) is 1.18. The van der Waals surface area contributed by atoms with E-state index < -0.39 is 17.9 Å². The number of fused-ring (bicyclic) bond motifs is 1. The van der Waals surface area contributed by atoms with E-state index in [0.29, 0.717) is 24.2 Å². The normalized spacial score (nSPS) is 21.9. The molecule has 1 aromatic carbocycles. The molecule has 1 fully saturated rings. The molecule has 2 atom stereocenters. The second kappa shape index (κ2) is 8.86. The summed E-state index contributed by atoms with van der Waals surface area (Å²) < 4.78 is 0. The molecule has 1 heterocycles. The minimum absolute atomic E-state index is 0.0397. The second-order valence-electron chi connectivity index (χ2n) is 7.30. The standard InChI is InChI=1S/C20H25N3O5/c24-17(21-14-7-3-1-2-6-13(14)20(27)28)10-11-19(26)23-12-18(25)22-15-8-4-5-9-16(15)23/h4-5,8-9,13-14H,1-3,6-7,10-12H2,(H,21,24)(H,22,25)(H,27,28)/t13-,14+/m1/s1. The Morgan fingerprint density at radius 1 is 1.11 bits per heavy atom. The molecule has 3 N–H and O–H groups in total. The monoisotopic (exact) mass is 387 g/mol. The van der Waals surface area contributed by atoms with Gasteiger partial charge in [-0.05, 0) is 25.0 Å². The van der Waals surface area contributed by atoms with Gasteiger partial charge in [-0.15, -0.1) is 0 Å². The lowest BCUT2D eigenvalue weighted by Gasteiger charge is -2.29. The molecule has 2 aliphatic rings. The molecule has 1 aliphatic carbocycles. The van der Waals surface area contributed by atoms with Gasteiger partial charge in [0.25, 0.3) is 0 Å². The Kier molecular flexibility index (Phi) is 6.28. The smallest absolute Gasteiger partial charge is 0.308 e. The molecule has 0 unspecified atom stereocenters. The van der Waals surface area contributed by atoms with E-state index in [9.17, 15) is 24.3 Å². The van der Waals surface area contributed by atoms with Crippen LogP contribution in [0.3, 0.4) is 0 Å². The van der Waals surface area contributed by atoms with Gasteiger partial charge in [0, 0.05) is 18.9 Å². The van der Waals surface area contributed by atoms with Gasteiger partial charge < -0.3 is 20.6 Å². The zero-order valence-corrected chi connectivity index (χ0v) is 15.6. The molecule has 0 spiro atoms. The predicted octanol–water partition coefficient (Wildman–Crippen LogP) is 1.90. The molecule has 0 saturated heterocycles. The predicted molar refractivity (Wildman–Crippen MR) is 103 cm³/mol. The molecular weight excluding hydrogens is 362 g/mol. The number of aliphatic carboxylic acids is 1. The van der Waals surface area contributed by atoms with Crippen LogP contribution in [0.5, 0.6) is 0 Å². The van der Waals surface area contributed by atoms with Crippen LogP contribution in [0.2, 0.25) is 0 Å². The number of carbonyl (C=O) groups excluding carboxylic acids is 3. The van der Waals surface area contributed by atoms with Crippen LogP contribution in [0.1, 0.15) is 44.9 Å². The maximum atomic E-state index is 12.6. The van der Waals surface area contributed by atoms with Crippen molar-refractivity contribution in [2.45, 2.75) is 51.0 Å². The first-order valence-electron chi connectivity index (χ1n) is 9.67. The minimum atomic E-state index is -0.890. The SMILES string of the molecule is O=C1CN(C(=O)CCC(=O)N[C@H]2CCCCC[C@H]2C(=O)O)c2ccccc2N1. The van der Waals surface area contributed by atoms with Crippen molar-refractivity contribution < 1.29 is 24.3 Å². The Morgan fingerprint density at radius 2 is 1.86 bits per heavy atom. The number of anilines is 2. The van der Waals surface area contributed by atoms with Crippen molar-refractivity contribution in [3.8, 4) is 0 Å². The second-order valence-corrected chi connectivity index (χ2v) is 7.30. The van der Waals surface area contributed by atoms with E-state index in [0.717, 1.165) is 19.3 Å². The first kappa shape index (κ1) is 19.9. The van der Waals surface area contributed by atoms with Gasteiger partial charge in [-0.3, -0.25) is 19.2 Å². The Hall–Kier alpha value is -2.90. The number of rotatable bonds is 5. The fraction of sp³-hybridized carbons (Fsp3) is 0.500. The molecule has 0 bridgehead atoms. The highest BCUT2D eigenvalue weighted by Gasteiger charge is 2.31. The average molecular weight is 387 g/mol. The van der Waals surface area contributed by atoms with Gasteiger partial charge in [0.1, 0.15) is 6.54 Å². The molecule has 0 aromatic heterocycles. The highest BCUT2D eigenvalue weighted by atomic mass is 16.4. The van der Waals surface area contributed by atoms with Crippen molar-refractivity contribution in [2.24, 2.45) is 5.92 Å². The van der Waals surface area contributed by atoms with Crippen LogP contribution < -0.4 is 15.5 Å². The fourth-order valence-corrected chi connectivity index (χ4v) is 3.87. The molecule has 1 aliphatic heterocycles. The van der Waals surface area contributed by atoms with Gasteiger partial charge in [0.2, 0.25) is 17.7 Å². The van der Waals surface area contributed by atoms with E-state index in [1.54, 1.807) is 24.3 Å². The molecule has 8 heteroatoms. The van der Waals surface area contributed by atoms with Gasteiger partial charge in [-0.1, -0.05) is 31.4 Å². The first-order chi connectivity index (χ1) is 13.5. The molecule has 1 aromatic rings. The van der Waals surface area contributed by atoms with Crippen LogP contribution in [0.15, 0.2) is 24.3 Å². The maximum Gasteiger partial charge on any atom is 0.308 e. The zero-order valence-electron chi connectivity index (χ0n) is 15.6. The first-order valence-corrected chi connectivity index (χ1v) is 9.67. The summed E-state index contributed by atoms with van der Waals surface area (Å²) in [6, 6.07) is 6.62. The molecule has 150 valence electrons. The van der Waals surface area contributed by atoms with Crippen molar-refractivity contribution in [3.63, 3.8) is 0 Å². The van der Waals surface area contributed by atoms with Crippen molar-refractivity contribution in [3.05, 3.63) is 24.3 Å². The van der Waals surface area contributed by atoms with Crippen LogP contribution in [-0.4, -0.2) is 41.4 Å². The van der Waals surface area contributed by atoms with Crippen LogP contribution >= 0.6 is 0 Å². The number of amides is 3. The number of hydrogen-bond acceptors (Lipinski definition) is 4. The lowest BCUT2D eigenvalue weighted by Crippen LogP contribution is -2.44. The van der Waals surface area contributed by atoms with Crippen molar-refractivity contribution >= 4 is 35.1 Å². The number of benzene rings is 1. The molecule has 28 heavy (non-hydrogen) atoms. The Morgan fingerprint density at radius 3 is 2.64 bits per heavy atom. The molecule has 0 radical (unpaired) electrons. The number of hydrogen-bond donors (Lipinski definition) is 3. The van der Waals surface area contributed by atoms with E-state index >= 15 is 0 Å². The largest absolute Gasteiger partial charge is 0.481 e. The Labute approximate surface area is 163 Å². The lowest BCUT2D eigenvalue weighted by molar-refractivity contribution is -0.143. The topological polar surface area (TPSA) is 116 Å². The number of para-hydroxylation sites is 2. The van der Waals surface area contributed by atoms with E-state index in [1.807, 2.05) is 0 Å².